The second-order valence-electron chi connectivity index (χ2n) is 4.62. The molecule has 1 rings (SSSR count). The van der Waals surface area contributed by atoms with Crippen molar-refractivity contribution < 1.29 is 9.18 Å². The molecule has 96 valence electrons. The molecule has 0 heterocycles. The average molecular weight is 249 g/mol. The number of hydrogen-bond acceptors (Lipinski definition) is 3. The van der Waals surface area contributed by atoms with E-state index in [1.807, 2.05) is 6.07 Å². The van der Waals surface area contributed by atoms with Gasteiger partial charge in [0.1, 0.15) is 11.9 Å². The fraction of sp³-hybridized carbons (Fsp3) is 0.385. The number of rotatable bonds is 4. The summed E-state index contributed by atoms with van der Waals surface area (Å²) < 4.78 is 12.9. The van der Waals surface area contributed by atoms with E-state index in [0.717, 1.165) is 6.07 Å². The Morgan fingerprint density at radius 1 is 1.50 bits per heavy atom. The van der Waals surface area contributed by atoms with Crippen molar-refractivity contribution in [3.63, 3.8) is 0 Å². The smallest absolute Gasteiger partial charge is 0.227 e. The fourth-order valence-electron chi connectivity index (χ4n) is 1.50. The lowest BCUT2D eigenvalue weighted by Crippen LogP contribution is -2.39. The monoisotopic (exact) mass is 249 g/mol. The van der Waals surface area contributed by atoms with Gasteiger partial charge < -0.3 is 10.6 Å². The molecule has 0 spiro atoms. The molecule has 5 heteroatoms. The average Bonchev–Trinajstić information content (AvgIpc) is 2.36. The molecule has 4 nitrogen and oxygen atoms in total. The molecule has 0 fully saturated rings. The Morgan fingerprint density at radius 2 is 2.17 bits per heavy atom. The molecule has 0 radical (unpaired) electrons. The maximum atomic E-state index is 12.9. The van der Waals surface area contributed by atoms with E-state index in [4.69, 9.17) is 5.26 Å². The van der Waals surface area contributed by atoms with Crippen molar-refractivity contribution in [3.8, 4) is 6.07 Å². The van der Waals surface area contributed by atoms with Crippen LogP contribution in [0.15, 0.2) is 18.2 Å². The summed E-state index contributed by atoms with van der Waals surface area (Å²) in [6.45, 7) is 3.93. The summed E-state index contributed by atoms with van der Waals surface area (Å²) in [5, 5.41) is 14.5. The van der Waals surface area contributed by atoms with Crippen molar-refractivity contribution in [2.24, 2.45) is 5.41 Å². The molecule has 0 saturated heterocycles. The van der Waals surface area contributed by atoms with Gasteiger partial charge in [0, 0.05) is 13.6 Å². The van der Waals surface area contributed by atoms with Gasteiger partial charge in [-0.3, -0.25) is 4.79 Å². The first kappa shape index (κ1) is 14.0. The molecule has 1 aromatic rings. The van der Waals surface area contributed by atoms with Crippen LogP contribution >= 0.6 is 0 Å². The van der Waals surface area contributed by atoms with Crippen LogP contribution in [-0.4, -0.2) is 19.5 Å². The topological polar surface area (TPSA) is 64.9 Å². The van der Waals surface area contributed by atoms with E-state index in [9.17, 15) is 9.18 Å². The first-order chi connectivity index (χ1) is 8.40. The number of benzene rings is 1. The fourth-order valence-corrected chi connectivity index (χ4v) is 1.50. The number of amides is 1. The Morgan fingerprint density at radius 3 is 2.72 bits per heavy atom. The highest BCUT2D eigenvalue weighted by molar-refractivity contribution is 5.82. The van der Waals surface area contributed by atoms with Crippen molar-refractivity contribution in [1.29, 1.82) is 5.26 Å². The van der Waals surface area contributed by atoms with Gasteiger partial charge in [0.2, 0.25) is 5.91 Å². The van der Waals surface area contributed by atoms with Crippen LogP contribution in [0.5, 0.6) is 0 Å². The van der Waals surface area contributed by atoms with Crippen molar-refractivity contribution in [3.05, 3.63) is 29.6 Å². The van der Waals surface area contributed by atoms with Gasteiger partial charge in [0.15, 0.2) is 0 Å². The third-order valence-electron chi connectivity index (χ3n) is 2.66. The molecule has 1 amide bonds. The first-order valence-corrected chi connectivity index (χ1v) is 5.56. The van der Waals surface area contributed by atoms with Gasteiger partial charge >= 0.3 is 0 Å². The molecule has 0 aliphatic heterocycles. The van der Waals surface area contributed by atoms with Gasteiger partial charge in [-0.1, -0.05) is 0 Å². The molecule has 18 heavy (non-hydrogen) atoms. The van der Waals surface area contributed by atoms with E-state index in [0.29, 0.717) is 12.2 Å². The number of nitrogens with zero attached hydrogens (tertiary/aromatic N) is 1. The highest BCUT2D eigenvalue weighted by Gasteiger charge is 2.26. The summed E-state index contributed by atoms with van der Waals surface area (Å²) in [5.74, 6) is -0.557. The Labute approximate surface area is 106 Å². The van der Waals surface area contributed by atoms with E-state index in [2.05, 4.69) is 10.6 Å². The number of carbonyl (C=O) groups is 1. The standard InChI is InChI=1S/C13H16FN3O/c1-13(2,12(18)16-3)8-17-11-5-4-10(14)6-9(11)7-15/h4-6,17H,8H2,1-3H3,(H,16,18). The zero-order valence-electron chi connectivity index (χ0n) is 10.7. The summed E-state index contributed by atoms with van der Waals surface area (Å²) in [6, 6.07) is 5.84. The second-order valence-corrected chi connectivity index (χ2v) is 4.62. The van der Waals surface area contributed by atoms with Crippen LogP contribution in [0.3, 0.4) is 0 Å². The predicted octanol–water partition coefficient (Wildman–Crippen LogP) is 1.88. The van der Waals surface area contributed by atoms with Crippen LogP contribution in [-0.2, 0) is 4.79 Å². The summed E-state index contributed by atoms with van der Waals surface area (Å²) in [4.78, 5) is 11.6. The molecule has 0 aliphatic rings. The molecule has 0 aromatic heterocycles. The molecule has 0 aliphatic carbocycles. The van der Waals surface area contributed by atoms with Gasteiger partial charge in [0.05, 0.1) is 16.7 Å². The predicted molar refractivity (Wildman–Crippen MR) is 67.5 cm³/mol. The Kier molecular flexibility index (Phi) is 4.27. The molecule has 2 N–H and O–H groups in total. The van der Waals surface area contributed by atoms with Crippen molar-refractivity contribution in [2.75, 3.05) is 18.9 Å². The second kappa shape index (κ2) is 5.50. The van der Waals surface area contributed by atoms with Crippen LogP contribution < -0.4 is 10.6 Å². The minimum atomic E-state index is -0.615. The maximum Gasteiger partial charge on any atom is 0.227 e. The molecular weight excluding hydrogens is 233 g/mol. The Hall–Kier alpha value is -2.09. The normalized spacial score (nSPS) is 10.6. The maximum absolute atomic E-state index is 12.9. The van der Waals surface area contributed by atoms with E-state index in [1.165, 1.54) is 12.1 Å². The Balaban J connectivity index is 2.81. The van der Waals surface area contributed by atoms with Gasteiger partial charge in [-0.05, 0) is 32.0 Å². The van der Waals surface area contributed by atoms with Crippen molar-refractivity contribution >= 4 is 11.6 Å². The van der Waals surface area contributed by atoms with Gasteiger partial charge in [-0.2, -0.15) is 5.26 Å². The number of carbonyl (C=O) groups excluding carboxylic acids is 1. The number of nitrogens with one attached hydrogen (secondary N) is 2. The van der Waals surface area contributed by atoms with Gasteiger partial charge in [-0.25, -0.2) is 4.39 Å². The largest absolute Gasteiger partial charge is 0.383 e. The number of anilines is 1. The first-order valence-electron chi connectivity index (χ1n) is 5.56. The minimum absolute atomic E-state index is 0.101. The summed E-state index contributed by atoms with van der Waals surface area (Å²) in [7, 11) is 1.57. The third-order valence-corrected chi connectivity index (χ3v) is 2.66. The highest BCUT2D eigenvalue weighted by Crippen LogP contribution is 2.20. The lowest BCUT2D eigenvalue weighted by atomic mass is 9.92. The van der Waals surface area contributed by atoms with E-state index in [-0.39, 0.29) is 11.5 Å². The molecule has 0 bridgehead atoms. The van der Waals surface area contributed by atoms with E-state index < -0.39 is 11.2 Å². The molecule has 0 unspecified atom stereocenters. The lowest BCUT2D eigenvalue weighted by molar-refractivity contribution is -0.128. The zero-order valence-corrected chi connectivity index (χ0v) is 10.7. The summed E-state index contributed by atoms with van der Waals surface area (Å²) >= 11 is 0. The highest BCUT2D eigenvalue weighted by atomic mass is 19.1. The van der Waals surface area contributed by atoms with E-state index >= 15 is 0 Å². The van der Waals surface area contributed by atoms with Crippen LogP contribution in [0.4, 0.5) is 10.1 Å². The number of hydrogen-bond donors (Lipinski definition) is 2. The zero-order chi connectivity index (χ0) is 13.8. The summed E-state index contributed by atoms with van der Waals surface area (Å²) in [6.07, 6.45) is 0. The number of nitriles is 1. The third kappa shape index (κ3) is 3.20. The molecule has 0 saturated carbocycles. The van der Waals surface area contributed by atoms with E-state index in [1.54, 1.807) is 20.9 Å². The molecule has 0 atom stereocenters. The van der Waals surface area contributed by atoms with Crippen molar-refractivity contribution in [1.82, 2.24) is 5.32 Å². The quantitative estimate of drug-likeness (QED) is 0.856. The summed E-state index contributed by atoms with van der Waals surface area (Å²) in [5.41, 5.74) is 0.133. The molecule has 1 aromatic carbocycles. The Bertz CT molecular complexity index is 491. The van der Waals surface area contributed by atoms with Gasteiger partial charge in [-0.15, -0.1) is 0 Å². The van der Waals surface area contributed by atoms with Crippen LogP contribution in [0.2, 0.25) is 0 Å². The van der Waals surface area contributed by atoms with Gasteiger partial charge in [0.25, 0.3) is 0 Å². The number of halogens is 1. The van der Waals surface area contributed by atoms with Crippen LogP contribution in [0.1, 0.15) is 19.4 Å². The van der Waals surface area contributed by atoms with Crippen molar-refractivity contribution in [2.45, 2.75) is 13.8 Å². The molecular formula is C13H16FN3O. The minimum Gasteiger partial charge on any atom is -0.383 e. The van der Waals surface area contributed by atoms with Crippen LogP contribution in [0, 0.1) is 22.6 Å². The van der Waals surface area contributed by atoms with Crippen LogP contribution in [0.25, 0.3) is 0 Å². The SMILES string of the molecule is CNC(=O)C(C)(C)CNc1ccc(F)cc1C#N. The lowest BCUT2D eigenvalue weighted by Gasteiger charge is -2.23.